The van der Waals surface area contributed by atoms with Gasteiger partial charge in [0.1, 0.15) is 12.4 Å². The first-order chi connectivity index (χ1) is 14.2. The van der Waals surface area contributed by atoms with Crippen LogP contribution in [0, 0.1) is 6.92 Å². The maximum atomic E-state index is 13.1. The average molecular weight is 409 g/mol. The van der Waals surface area contributed by atoms with E-state index in [9.17, 15) is 4.79 Å². The molecule has 3 aromatic rings. The maximum Gasteiger partial charge on any atom is 0.257 e. The van der Waals surface area contributed by atoms with E-state index >= 15 is 0 Å². The Balaban J connectivity index is 1.36. The van der Waals surface area contributed by atoms with Crippen molar-refractivity contribution in [2.75, 3.05) is 26.2 Å². The number of piperazine rings is 1. The van der Waals surface area contributed by atoms with Crippen LogP contribution in [0.1, 0.15) is 26.6 Å². The second-order valence-electron chi connectivity index (χ2n) is 7.07. The molecule has 3 heterocycles. The van der Waals surface area contributed by atoms with Crippen LogP contribution in [-0.2, 0) is 13.2 Å². The average Bonchev–Trinajstić information content (AvgIpc) is 3.18. The molecule has 1 aromatic carbocycles. The van der Waals surface area contributed by atoms with E-state index in [0.29, 0.717) is 31.0 Å². The lowest BCUT2D eigenvalue weighted by Crippen LogP contribution is -2.48. The van der Waals surface area contributed by atoms with Gasteiger partial charge in [0.05, 0.1) is 16.3 Å². The summed E-state index contributed by atoms with van der Waals surface area (Å²) in [7, 11) is 0. The smallest absolute Gasteiger partial charge is 0.257 e. The number of carbonyl (C=O) groups excluding carboxylic acids is 1. The molecular weight excluding hydrogens is 384 g/mol. The molecule has 2 aromatic heterocycles. The molecule has 0 radical (unpaired) electrons. The molecule has 1 fully saturated rings. The van der Waals surface area contributed by atoms with Gasteiger partial charge in [-0.25, -0.2) is 4.98 Å². The van der Waals surface area contributed by atoms with Gasteiger partial charge in [0, 0.05) is 50.5 Å². The number of pyridine rings is 1. The Kier molecular flexibility index (Phi) is 6.17. The normalized spacial score (nSPS) is 14.7. The Morgan fingerprint density at radius 3 is 2.59 bits per heavy atom. The van der Waals surface area contributed by atoms with Gasteiger partial charge < -0.3 is 9.64 Å². The number of para-hydroxylation sites is 1. The van der Waals surface area contributed by atoms with Gasteiger partial charge in [0.2, 0.25) is 0 Å². The standard InChI is InChI=1S/C22H24N4O2S/c1-17-24-19(16-29-17)15-28-21-5-3-2-4-20(21)22(27)26-12-10-25(11-13-26)14-18-6-8-23-9-7-18/h2-9,16H,10-15H2,1H3. The van der Waals surface area contributed by atoms with Crippen LogP contribution >= 0.6 is 11.3 Å². The van der Waals surface area contributed by atoms with Gasteiger partial charge in [-0.1, -0.05) is 12.1 Å². The Bertz CT molecular complexity index is 952. The first-order valence-corrected chi connectivity index (χ1v) is 10.6. The van der Waals surface area contributed by atoms with E-state index in [1.54, 1.807) is 11.3 Å². The van der Waals surface area contributed by atoms with Gasteiger partial charge in [-0.3, -0.25) is 14.7 Å². The minimum atomic E-state index is 0.0265. The van der Waals surface area contributed by atoms with Crippen LogP contribution in [0.15, 0.2) is 54.2 Å². The van der Waals surface area contributed by atoms with E-state index < -0.39 is 0 Å². The highest BCUT2D eigenvalue weighted by atomic mass is 32.1. The van der Waals surface area contributed by atoms with Crippen molar-refractivity contribution in [3.63, 3.8) is 0 Å². The molecule has 0 atom stereocenters. The quantitative estimate of drug-likeness (QED) is 0.626. The van der Waals surface area contributed by atoms with E-state index in [1.807, 2.05) is 66.0 Å². The molecule has 4 rings (SSSR count). The molecule has 7 heteroatoms. The number of aryl methyl sites for hydroxylation is 1. The summed E-state index contributed by atoms with van der Waals surface area (Å²) in [5.41, 5.74) is 2.75. The highest BCUT2D eigenvalue weighted by Crippen LogP contribution is 2.22. The Morgan fingerprint density at radius 2 is 1.86 bits per heavy atom. The van der Waals surface area contributed by atoms with Crippen LogP contribution in [0.4, 0.5) is 0 Å². The Morgan fingerprint density at radius 1 is 1.10 bits per heavy atom. The number of amides is 1. The van der Waals surface area contributed by atoms with E-state index in [4.69, 9.17) is 4.74 Å². The van der Waals surface area contributed by atoms with Crippen molar-refractivity contribution in [3.8, 4) is 5.75 Å². The summed E-state index contributed by atoms with van der Waals surface area (Å²) < 4.78 is 5.93. The third kappa shape index (κ3) is 4.99. The second kappa shape index (κ2) is 9.15. The van der Waals surface area contributed by atoms with Crippen LogP contribution in [0.3, 0.4) is 0 Å². The summed E-state index contributed by atoms with van der Waals surface area (Å²) in [6.07, 6.45) is 3.64. The first kappa shape index (κ1) is 19.5. The predicted octanol–water partition coefficient (Wildman–Crippen LogP) is 3.38. The number of thiazole rings is 1. The minimum absolute atomic E-state index is 0.0265. The lowest BCUT2D eigenvalue weighted by atomic mass is 10.1. The molecule has 0 bridgehead atoms. The molecule has 1 aliphatic heterocycles. The summed E-state index contributed by atoms with van der Waals surface area (Å²) in [5, 5.41) is 3.00. The number of hydrogen-bond donors (Lipinski definition) is 0. The van der Waals surface area contributed by atoms with E-state index in [-0.39, 0.29) is 5.91 Å². The molecule has 29 heavy (non-hydrogen) atoms. The second-order valence-corrected chi connectivity index (χ2v) is 8.13. The van der Waals surface area contributed by atoms with Gasteiger partial charge in [-0.15, -0.1) is 11.3 Å². The molecule has 0 saturated carbocycles. The third-order valence-corrected chi connectivity index (χ3v) is 5.80. The van der Waals surface area contributed by atoms with Gasteiger partial charge >= 0.3 is 0 Å². The molecule has 1 aliphatic rings. The SMILES string of the molecule is Cc1nc(COc2ccccc2C(=O)N2CCN(Cc3ccncc3)CC2)cs1. The monoisotopic (exact) mass is 408 g/mol. The zero-order valence-electron chi connectivity index (χ0n) is 16.5. The van der Waals surface area contributed by atoms with Crippen molar-refractivity contribution in [2.24, 2.45) is 0 Å². The number of nitrogens with zero attached hydrogens (tertiary/aromatic N) is 4. The van der Waals surface area contributed by atoms with Gasteiger partial charge in [0.25, 0.3) is 5.91 Å². The van der Waals surface area contributed by atoms with Crippen LogP contribution in [0.5, 0.6) is 5.75 Å². The first-order valence-electron chi connectivity index (χ1n) is 9.72. The molecule has 1 saturated heterocycles. The summed E-state index contributed by atoms with van der Waals surface area (Å²) >= 11 is 1.60. The Hall–Kier alpha value is -2.77. The highest BCUT2D eigenvalue weighted by Gasteiger charge is 2.24. The summed E-state index contributed by atoms with van der Waals surface area (Å²) in [6.45, 7) is 6.36. The zero-order valence-corrected chi connectivity index (χ0v) is 17.3. The Labute approximate surface area is 174 Å². The lowest BCUT2D eigenvalue weighted by Gasteiger charge is -2.35. The molecule has 6 nitrogen and oxygen atoms in total. The van der Waals surface area contributed by atoms with Gasteiger partial charge in [-0.2, -0.15) is 0 Å². The van der Waals surface area contributed by atoms with Crippen LogP contribution in [-0.4, -0.2) is 51.9 Å². The fourth-order valence-electron chi connectivity index (χ4n) is 3.42. The fraction of sp³-hybridized carbons (Fsp3) is 0.318. The molecule has 1 amide bonds. The molecular formula is C22H24N4O2S. The van der Waals surface area contributed by atoms with Crippen molar-refractivity contribution < 1.29 is 9.53 Å². The summed E-state index contributed by atoms with van der Waals surface area (Å²) in [6, 6.07) is 11.5. The number of carbonyl (C=O) groups is 1. The van der Waals surface area contributed by atoms with Crippen molar-refractivity contribution in [1.82, 2.24) is 19.8 Å². The van der Waals surface area contributed by atoms with E-state index in [1.165, 1.54) is 5.56 Å². The van der Waals surface area contributed by atoms with Crippen LogP contribution < -0.4 is 4.74 Å². The third-order valence-electron chi connectivity index (χ3n) is 4.97. The highest BCUT2D eigenvalue weighted by molar-refractivity contribution is 7.09. The molecule has 0 aliphatic carbocycles. The molecule has 0 N–H and O–H groups in total. The number of ether oxygens (including phenoxy) is 1. The van der Waals surface area contributed by atoms with Gasteiger partial charge in [0.15, 0.2) is 0 Å². The van der Waals surface area contributed by atoms with E-state index in [0.717, 1.165) is 30.3 Å². The van der Waals surface area contributed by atoms with Crippen molar-refractivity contribution in [2.45, 2.75) is 20.1 Å². The van der Waals surface area contributed by atoms with Crippen molar-refractivity contribution in [1.29, 1.82) is 0 Å². The number of rotatable bonds is 6. The lowest BCUT2D eigenvalue weighted by molar-refractivity contribution is 0.0624. The topological polar surface area (TPSA) is 58.6 Å². The molecule has 150 valence electrons. The molecule has 0 spiro atoms. The van der Waals surface area contributed by atoms with Gasteiger partial charge in [-0.05, 0) is 36.8 Å². The van der Waals surface area contributed by atoms with Crippen LogP contribution in [0.2, 0.25) is 0 Å². The number of hydrogen-bond acceptors (Lipinski definition) is 6. The van der Waals surface area contributed by atoms with Crippen LogP contribution in [0.25, 0.3) is 0 Å². The number of benzene rings is 1. The minimum Gasteiger partial charge on any atom is -0.486 e. The fourth-order valence-corrected chi connectivity index (χ4v) is 4.02. The predicted molar refractivity (Wildman–Crippen MR) is 113 cm³/mol. The largest absolute Gasteiger partial charge is 0.486 e. The zero-order chi connectivity index (χ0) is 20.1. The maximum absolute atomic E-state index is 13.1. The van der Waals surface area contributed by atoms with Crippen molar-refractivity contribution >= 4 is 17.2 Å². The summed E-state index contributed by atoms with van der Waals surface area (Å²) in [5.74, 6) is 0.640. The van der Waals surface area contributed by atoms with Crippen molar-refractivity contribution in [3.05, 3.63) is 76.0 Å². The summed E-state index contributed by atoms with van der Waals surface area (Å²) in [4.78, 5) is 25.9. The number of aromatic nitrogens is 2. The molecule has 0 unspecified atom stereocenters. The van der Waals surface area contributed by atoms with E-state index in [2.05, 4.69) is 14.9 Å².